The van der Waals surface area contributed by atoms with Gasteiger partial charge in [-0.2, -0.15) is 5.10 Å². The summed E-state index contributed by atoms with van der Waals surface area (Å²) in [5, 5.41) is 12.1. The van der Waals surface area contributed by atoms with Gasteiger partial charge in [-0.3, -0.25) is 9.78 Å². The molecule has 0 radical (unpaired) electrons. The van der Waals surface area contributed by atoms with Gasteiger partial charge in [0.25, 0.3) is 5.91 Å². The highest BCUT2D eigenvalue weighted by molar-refractivity contribution is 6.32. The van der Waals surface area contributed by atoms with E-state index < -0.39 is 0 Å². The van der Waals surface area contributed by atoms with Crippen molar-refractivity contribution in [3.63, 3.8) is 0 Å². The first kappa shape index (κ1) is 22.5. The summed E-state index contributed by atoms with van der Waals surface area (Å²) in [5.41, 5.74) is 3.53. The number of nitrogens with zero attached hydrogens (tertiary/aromatic N) is 4. The zero-order chi connectivity index (χ0) is 23.4. The first-order chi connectivity index (χ1) is 16.0. The molecule has 0 saturated carbocycles. The number of anilines is 1. The van der Waals surface area contributed by atoms with Crippen LogP contribution >= 0.6 is 11.6 Å². The van der Waals surface area contributed by atoms with Gasteiger partial charge >= 0.3 is 0 Å². The van der Waals surface area contributed by atoms with Gasteiger partial charge in [0.05, 0.1) is 46.7 Å². The lowest BCUT2D eigenvalue weighted by atomic mass is 10.1. The fourth-order valence-corrected chi connectivity index (χ4v) is 3.89. The van der Waals surface area contributed by atoms with Gasteiger partial charge in [-0.15, -0.1) is 0 Å². The SMILES string of the molecule is CCn1ncc2c(NCc3ccc(OC)c(Cl)c3)c(C(=O)NC(C)c3ccccn3)cnc21. The number of hydrogen-bond donors (Lipinski definition) is 2. The summed E-state index contributed by atoms with van der Waals surface area (Å²) in [7, 11) is 1.58. The molecule has 0 aliphatic heterocycles. The topological polar surface area (TPSA) is 94.0 Å². The highest BCUT2D eigenvalue weighted by atomic mass is 35.5. The second-order valence-electron chi connectivity index (χ2n) is 7.52. The van der Waals surface area contributed by atoms with E-state index in [1.807, 2.05) is 50.2 Å². The lowest BCUT2D eigenvalue weighted by molar-refractivity contribution is 0.0939. The second kappa shape index (κ2) is 9.87. The second-order valence-corrected chi connectivity index (χ2v) is 7.92. The molecular weight excluding hydrogens is 440 g/mol. The van der Waals surface area contributed by atoms with Crippen LogP contribution in [0.15, 0.2) is 55.0 Å². The summed E-state index contributed by atoms with van der Waals surface area (Å²) in [6.45, 7) is 5.02. The Morgan fingerprint density at radius 1 is 1.21 bits per heavy atom. The van der Waals surface area contributed by atoms with Crippen molar-refractivity contribution >= 4 is 34.2 Å². The Bertz CT molecular complexity index is 1270. The Balaban J connectivity index is 1.65. The Morgan fingerprint density at radius 2 is 2.06 bits per heavy atom. The summed E-state index contributed by atoms with van der Waals surface area (Å²) in [4.78, 5) is 22.1. The highest BCUT2D eigenvalue weighted by Gasteiger charge is 2.20. The predicted molar refractivity (Wildman–Crippen MR) is 129 cm³/mol. The molecule has 0 spiro atoms. The number of carbonyl (C=O) groups excluding carboxylic acids is 1. The zero-order valence-corrected chi connectivity index (χ0v) is 19.4. The smallest absolute Gasteiger partial charge is 0.255 e. The molecule has 2 N–H and O–H groups in total. The van der Waals surface area contributed by atoms with Gasteiger partial charge in [0.1, 0.15) is 5.75 Å². The highest BCUT2D eigenvalue weighted by Crippen LogP contribution is 2.29. The summed E-state index contributed by atoms with van der Waals surface area (Å²) in [6, 6.07) is 10.9. The average Bonchev–Trinajstić information content (AvgIpc) is 3.26. The average molecular weight is 465 g/mol. The molecule has 1 amide bonds. The number of amides is 1. The first-order valence-electron chi connectivity index (χ1n) is 10.6. The molecule has 3 heterocycles. The molecule has 4 aromatic rings. The lowest BCUT2D eigenvalue weighted by Gasteiger charge is -2.17. The Hall–Kier alpha value is -3.65. The van der Waals surface area contributed by atoms with Gasteiger partial charge in [-0.05, 0) is 43.7 Å². The van der Waals surface area contributed by atoms with Crippen LogP contribution in [-0.4, -0.2) is 32.8 Å². The van der Waals surface area contributed by atoms with Crippen LogP contribution in [0.3, 0.4) is 0 Å². The minimum absolute atomic E-state index is 0.248. The standard InChI is InChI=1S/C24H25ClN6O2/c1-4-31-23-17(14-29-31)22(27-12-16-8-9-21(33-3)19(25)11-16)18(13-28-23)24(32)30-15(2)20-7-5-6-10-26-20/h5-11,13-15H,4,12H2,1-3H3,(H,27,28)(H,30,32). The fourth-order valence-electron chi connectivity index (χ4n) is 3.61. The van der Waals surface area contributed by atoms with Crippen molar-refractivity contribution in [2.45, 2.75) is 33.0 Å². The monoisotopic (exact) mass is 464 g/mol. The number of methoxy groups -OCH3 is 1. The molecule has 1 unspecified atom stereocenters. The van der Waals surface area contributed by atoms with Gasteiger partial charge < -0.3 is 15.4 Å². The maximum absolute atomic E-state index is 13.2. The lowest BCUT2D eigenvalue weighted by Crippen LogP contribution is -2.28. The van der Waals surface area contributed by atoms with E-state index in [1.165, 1.54) is 0 Å². The van der Waals surface area contributed by atoms with Crippen molar-refractivity contribution in [2.24, 2.45) is 0 Å². The molecular formula is C24H25ClN6O2. The molecule has 4 rings (SSSR count). The van der Waals surface area contributed by atoms with E-state index in [1.54, 1.807) is 30.4 Å². The third-order valence-electron chi connectivity index (χ3n) is 5.37. The molecule has 170 valence electrons. The van der Waals surface area contributed by atoms with E-state index in [4.69, 9.17) is 16.3 Å². The summed E-state index contributed by atoms with van der Waals surface area (Å²) in [5.74, 6) is 0.363. The fraction of sp³-hybridized carbons (Fsp3) is 0.250. The third-order valence-corrected chi connectivity index (χ3v) is 5.67. The van der Waals surface area contributed by atoms with Crippen LogP contribution in [0.2, 0.25) is 5.02 Å². The minimum Gasteiger partial charge on any atom is -0.495 e. The molecule has 0 fully saturated rings. The number of fused-ring (bicyclic) bond motifs is 1. The van der Waals surface area contributed by atoms with Crippen molar-refractivity contribution in [1.82, 2.24) is 25.1 Å². The summed E-state index contributed by atoms with van der Waals surface area (Å²) >= 11 is 6.28. The van der Waals surface area contributed by atoms with Crippen LogP contribution in [0.5, 0.6) is 5.75 Å². The summed E-state index contributed by atoms with van der Waals surface area (Å²) in [6.07, 6.45) is 5.02. The van der Waals surface area contributed by atoms with E-state index in [0.29, 0.717) is 40.8 Å². The van der Waals surface area contributed by atoms with E-state index >= 15 is 0 Å². The number of nitrogens with one attached hydrogen (secondary N) is 2. The molecule has 3 aromatic heterocycles. The number of pyridine rings is 2. The number of halogens is 1. The number of ether oxygens (including phenoxy) is 1. The molecule has 33 heavy (non-hydrogen) atoms. The van der Waals surface area contributed by atoms with E-state index in [-0.39, 0.29) is 11.9 Å². The quantitative estimate of drug-likeness (QED) is 0.395. The molecule has 0 aliphatic rings. The predicted octanol–water partition coefficient (Wildman–Crippen LogP) is 4.61. The van der Waals surface area contributed by atoms with E-state index in [2.05, 4.69) is 25.7 Å². The Morgan fingerprint density at radius 3 is 2.76 bits per heavy atom. The largest absolute Gasteiger partial charge is 0.495 e. The first-order valence-corrected chi connectivity index (χ1v) is 11.0. The Kier molecular flexibility index (Phi) is 6.74. The zero-order valence-electron chi connectivity index (χ0n) is 18.7. The van der Waals surface area contributed by atoms with Crippen molar-refractivity contribution in [3.05, 3.63) is 76.8 Å². The normalized spacial score (nSPS) is 11.9. The van der Waals surface area contributed by atoms with Gasteiger partial charge in [-0.25, -0.2) is 9.67 Å². The molecule has 0 saturated heterocycles. The van der Waals surface area contributed by atoms with Gasteiger partial charge in [0.15, 0.2) is 5.65 Å². The van der Waals surface area contributed by atoms with Crippen molar-refractivity contribution in [3.8, 4) is 5.75 Å². The van der Waals surface area contributed by atoms with E-state index in [9.17, 15) is 4.79 Å². The van der Waals surface area contributed by atoms with Gasteiger partial charge in [-0.1, -0.05) is 23.7 Å². The van der Waals surface area contributed by atoms with Crippen LogP contribution < -0.4 is 15.4 Å². The number of hydrogen-bond acceptors (Lipinski definition) is 6. The number of benzene rings is 1. The van der Waals surface area contributed by atoms with Crippen molar-refractivity contribution in [1.29, 1.82) is 0 Å². The number of rotatable bonds is 8. The van der Waals surface area contributed by atoms with Gasteiger partial charge in [0.2, 0.25) is 0 Å². The van der Waals surface area contributed by atoms with Crippen LogP contribution in [0, 0.1) is 0 Å². The molecule has 0 aliphatic carbocycles. The molecule has 8 nitrogen and oxygen atoms in total. The van der Waals surface area contributed by atoms with Crippen LogP contribution in [0.4, 0.5) is 5.69 Å². The third kappa shape index (κ3) is 4.75. The molecule has 1 atom stereocenters. The van der Waals surface area contributed by atoms with Crippen LogP contribution in [0.1, 0.15) is 41.5 Å². The van der Waals surface area contributed by atoms with Crippen LogP contribution in [-0.2, 0) is 13.1 Å². The maximum atomic E-state index is 13.2. The summed E-state index contributed by atoms with van der Waals surface area (Å²) < 4.78 is 7.02. The van der Waals surface area contributed by atoms with E-state index in [0.717, 1.165) is 16.6 Å². The van der Waals surface area contributed by atoms with Crippen molar-refractivity contribution in [2.75, 3.05) is 12.4 Å². The molecule has 0 bridgehead atoms. The van der Waals surface area contributed by atoms with Crippen molar-refractivity contribution < 1.29 is 9.53 Å². The van der Waals surface area contributed by atoms with Gasteiger partial charge in [0, 0.05) is 25.5 Å². The number of aryl methyl sites for hydroxylation is 1. The molecule has 1 aromatic carbocycles. The minimum atomic E-state index is -0.263. The number of aromatic nitrogens is 4. The maximum Gasteiger partial charge on any atom is 0.255 e. The molecule has 9 heteroatoms. The Labute approximate surface area is 197 Å². The van der Waals surface area contributed by atoms with Crippen LogP contribution in [0.25, 0.3) is 11.0 Å². The number of carbonyl (C=O) groups is 1.